The Morgan fingerprint density at radius 1 is 1.53 bits per heavy atom. The van der Waals surface area contributed by atoms with Crippen molar-refractivity contribution in [2.45, 2.75) is 13.3 Å². The second-order valence-electron chi connectivity index (χ2n) is 3.39. The predicted molar refractivity (Wildman–Crippen MR) is 56.9 cm³/mol. The third kappa shape index (κ3) is 2.68. The standard InChI is InChI=1S/C11H14FNO2/c1-3-6-13(2)8-4-5-9(11(14)15)10(12)7-8/h4-5,7H,3,6H2,1-2H3,(H,14,15). The normalized spacial score (nSPS) is 10.1. The smallest absolute Gasteiger partial charge is 0.338 e. The fourth-order valence-corrected chi connectivity index (χ4v) is 1.38. The van der Waals surface area contributed by atoms with Gasteiger partial charge in [0.05, 0.1) is 5.56 Å². The molecule has 0 saturated heterocycles. The maximum atomic E-state index is 13.3. The van der Waals surface area contributed by atoms with E-state index in [0.717, 1.165) is 13.0 Å². The number of aromatic carboxylic acids is 1. The number of benzene rings is 1. The molecule has 0 aliphatic heterocycles. The highest BCUT2D eigenvalue weighted by Crippen LogP contribution is 2.17. The van der Waals surface area contributed by atoms with Crippen molar-refractivity contribution < 1.29 is 14.3 Å². The van der Waals surface area contributed by atoms with Gasteiger partial charge in [0.15, 0.2) is 0 Å². The van der Waals surface area contributed by atoms with E-state index in [1.807, 2.05) is 18.9 Å². The first kappa shape index (κ1) is 11.5. The van der Waals surface area contributed by atoms with Gasteiger partial charge in [-0.2, -0.15) is 0 Å². The number of carboxylic acid groups (broad SMARTS) is 1. The third-order valence-corrected chi connectivity index (χ3v) is 2.18. The van der Waals surface area contributed by atoms with Crippen LogP contribution in [-0.2, 0) is 0 Å². The zero-order chi connectivity index (χ0) is 11.4. The Morgan fingerprint density at radius 3 is 2.67 bits per heavy atom. The summed E-state index contributed by atoms with van der Waals surface area (Å²) < 4.78 is 13.3. The number of halogens is 1. The van der Waals surface area contributed by atoms with Crippen molar-refractivity contribution in [1.82, 2.24) is 0 Å². The van der Waals surface area contributed by atoms with Crippen molar-refractivity contribution in [1.29, 1.82) is 0 Å². The summed E-state index contributed by atoms with van der Waals surface area (Å²) in [7, 11) is 1.85. The van der Waals surface area contributed by atoms with Gasteiger partial charge in [-0.3, -0.25) is 0 Å². The predicted octanol–water partition coefficient (Wildman–Crippen LogP) is 2.37. The average molecular weight is 211 g/mol. The molecule has 0 spiro atoms. The molecule has 0 atom stereocenters. The second-order valence-corrected chi connectivity index (χ2v) is 3.39. The van der Waals surface area contributed by atoms with E-state index in [-0.39, 0.29) is 5.56 Å². The van der Waals surface area contributed by atoms with E-state index in [2.05, 4.69) is 0 Å². The molecule has 0 amide bonds. The minimum atomic E-state index is -1.24. The van der Waals surface area contributed by atoms with E-state index >= 15 is 0 Å². The molecule has 0 aliphatic rings. The van der Waals surface area contributed by atoms with E-state index in [4.69, 9.17) is 5.11 Å². The molecule has 0 saturated carbocycles. The van der Waals surface area contributed by atoms with Gasteiger partial charge in [-0.25, -0.2) is 9.18 Å². The summed E-state index contributed by atoms with van der Waals surface area (Å²) >= 11 is 0. The van der Waals surface area contributed by atoms with Crippen LogP contribution in [0, 0.1) is 5.82 Å². The maximum absolute atomic E-state index is 13.3. The summed E-state index contributed by atoms with van der Waals surface area (Å²) in [6.45, 7) is 2.84. The van der Waals surface area contributed by atoms with Crippen molar-refractivity contribution in [3.8, 4) is 0 Å². The van der Waals surface area contributed by atoms with Crippen molar-refractivity contribution in [3.05, 3.63) is 29.6 Å². The largest absolute Gasteiger partial charge is 0.478 e. The Hall–Kier alpha value is -1.58. The Labute approximate surface area is 88.1 Å². The van der Waals surface area contributed by atoms with Crippen LogP contribution in [0.25, 0.3) is 0 Å². The number of carbonyl (C=O) groups is 1. The molecule has 1 rings (SSSR count). The van der Waals surface area contributed by atoms with Gasteiger partial charge in [-0.15, -0.1) is 0 Å². The molecule has 0 heterocycles. The van der Waals surface area contributed by atoms with Crippen LogP contribution in [0.3, 0.4) is 0 Å². The summed E-state index contributed by atoms with van der Waals surface area (Å²) in [5.74, 6) is -1.93. The summed E-state index contributed by atoms with van der Waals surface area (Å²) in [4.78, 5) is 12.5. The Bertz CT molecular complexity index is 366. The molecule has 82 valence electrons. The van der Waals surface area contributed by atoms with Gasteiger partial charge in [0.1, 0.15) is 5.82 Å². The quantitative estimate of drug-likeness (QED) is 0.831. The molecule has 0 aliphatic carbocycles. The van der Waals surface area contributed by atoms with Gasteiger partial charge in [0, 0.05) is 19.3 Å². The molecule has 1 aromatic carbocycles. The summed E-state index contributed by atoms with van der Waals surface area (Å²) in [5.41, 5.74) is 0.406. The minimum Gasteiger partial charge on any atom is -0.478 e. The average Bonchev–Trinajstić information content (AvgIpc) is 2.17. The molecule has 1 aromatic rings. The zero-order valence-electron chi connectivity index (χ0n) is 8.83. The minimum absolute atomic E-state index is 0.288. The highest BCUT2D eigenvalue weighted by atomic mass is 19.1. The van der Waals surface area contributed by atoms with Crippen molar-refractivity contribution in [3.63, 3.8) is 0 Å². The molecule has 3 nitrogen and oxygen atoms in total. The lowest BCUT2D eigenvalue weighted by Crippen LogP contribution is -2.18. The Balaban J connectivity index is 2.96. The highest BCUT2D eigenvalue weighted by Gasteiger charge is 2.11. The zero-order valence-corrected chi connectivity index (χ0v) is 8.83. The van der Waals surface area contributed by atoms with Gasteiger partial charge in [-0.05, 0) is 24.6 Å². The van der Waals surface area contributed by atoms with Crippen LogP contribution < -0.4 is 4.90 Å². The van der Waals surface area contributed by atoms with Crippen molar-refractivity contribution in [2.24, 2.45) is 0 Å². The molecule has 0 bridgehead atoms. The molecular weight excluding hydrogens is 197 g/mol. The fourth-order valence-electron chi connectivity index (χ4n) is 1.38. The van der Waals surface area contributed by atoms with Crippen molar-refractivity contribution in [2.75, 3.05) is 18.5 Å². The van der Waals surface area contributed by atoms with Gasteiger partial charge in [0.2, 0.25) is 0 Å². The first-order valence-electron chi connectivity index (χ1n) is 4.80. The van der Waals surface area contributed by atoms with E-state index < -0.39 is 11.8 Å². The summed E-state index contributed by atoms with van der Waals surface area (Å²) in [5, 5.41) is 8.64. The molecule has 0 fully saturated rings. The molecule has 15 heavy (non-hydrogen) atoms. The third-order valence-electron chi connectivity index (χ3n) is 2.18. The molecule has 0 aromatic heterocycles. The number of hydrogen-bond donors (Lipinski definition) is 1. The van der Waals surface area contributed by atoms with Crippen LogP contribution in [0.15, 0.2) is 18.2 Å². The molecule has 4 heteroatoms. The van der Waals surface area contributed by atoms with E-state index in [9.17, 15) is 9.18 Å². The Kier molecular flexibility index (Phi) is 3.66. The van der Waals surface area contributed by atoms with Crippen LogP contribution in [0.2, 0.25) is 0 Å². The first-order valence-corrected chi connectivity index (χ1v) is 4.80. The van der Waals surface area contributed by atoms with Crippen molar-refractivity contribution >= 4 is 11.7 Å². The second kappa shape index (κ2) is 4.77. The SMILES string of the molecule is CCCN(C)c1ccc(C(=O)O)c(F)c1. The number of nitrogens with zero attached hydrogens (tertiary/aromatic N) is 1. The number of anilines is 1. The van der Waals surface area contributed by atoms with E-state index in [1.54, 1.807) is 6.07 Å². The number of carboxylic acids is 1. The van der Waals surface area contributed by atoms with Gasteiger partial charge in [0.25, 0.3) is 0 Å². The summed E-state index contributed by atoms with van der Waals surface area (Å²) in [6.07, 6.45) is 0.957. The lowest BCUT2D eigenvalue weighted by atomic mass is 10.2. The van der Waals surface area contributed by atoms with E-state index in [0.29, 0.717) is 5.69 Å². The first-order chi connectivity index (χ1) is 7.06. The van der Waals surface area contributed by atoms with Gasteiger partial charge >= 0.3 is 5.97 Å². The topological polar surface area (TPSA) is 40.5 Å². The molecular formula is C11H14FNO2. The number of hydrogen-bond acceptors (Lipinski definition) is 2. The van der Waals surface area contributed by atoms with E-state index in [1.165, 1.54) is 12.1 Å². The molecule has 0 radical (unpaired) electrons. The molecule has 1 N–H and O–H groups in total. The summed E-state index contributed by atoms with van der Waals surface area (Å²) in [6, 6.07) is 4.15. The highest BCUT2D eigenvalue weighted by molar-refractivity contribution is 5.88. The molecule has 0 unspecified atom stereocenters. The van der Waals surface area contributed by atoms with Crippen LogP contribution in [0.5, 0.6) is 0 Å². The van der Waals surface area contributed by atoms with Crippen LogP contribution in [0.1, 0.15) is 23.7 Å². The van der Waals surface area contributed by atoms with Gasteiger partial charge < -0.3 is 10.0 Å². The lowest BCUT2D eigenvalue weighted by molar-refractivity contribution is 0.0692. The fraction of sp³-hybridized carbons (Fsp3) is 0.364. The van der Waals surface area contributed by atoms with Crippen LogP contribution >= 0.6 is 0 Å². The lowest BCUT2D eigenvalue weighted by Gasteiger charge is -2.18. The van der Waals surface area contributed by atoms with Gasteiger partial charge in [-0.1, -0.05) is 6.92 Å². The van der Waals surface area contributed by atoms with Crippen LogP contribution in [0.4, 0.5) is 10.1 Å². The Morgan fingerprint density at radius 2 is 2.20 bits per heavy atom. The number of rotatable bonds is 4. The van der Waals surface area contributed by atoms with Crippen LogP contribution in [-0.4, -0.2) is 24.7 Å². The maximum Gasteiger partial charge on any atom is 0.338 e. The monoisotopic (exact) mass is 211 g/mol.